The zero-order chi connectivity index (χ0) is 19.0. The van der Waals surface area contributed by atoms with Gasteiger partial charge in [-0.1, -0.05) is 18.2 Å². The molecule has 1 aliphatic rings. The van der Waals surface area contributed by atoms with Gasteiger partial charge < -0.3 is 10.1 Å². The topological polar surface area (TPSA) is 52.0 Å². The minimum atomic E-state index is -0.0900. The first-order valence-corrected chi connectivity index (χ1v) is 9.40. The molecule has 0 radical (unpaired) electrons. The summed E-state index contributed by atoms with van der Waals surface area (Å²) in [6.07, 6.45) is 2.88. The fraction of sp³-hybridized carbons (Fsp3) is 0.364. The first kappa shape index (κ1) is 17.7. The SMILES string of the molecule is Cc1cc(C)n(-c2ccc(CNCc3ccc4c(c3)CC(C)(C)O4)cn2)n1. The van der Waals surface area contributed by atoms with Gasteiger partial charge in [0, 0.05) is 31.4 Å². The van der Waals surface area contributed by atoms with Gasteiger partial charge in [0.1, 0.15) is 11.4 Å². The molecule has 2 aromatic heterocycles. The van der Waals surface area contributed by atoms with Crippen LogP contribution in [0.3, 0.4) is 0 Å². The van der Waals surface area contributed by atoms with Gasteiger partial charge in [-0.25, -0.2) is 9.67 Å². The van der Waals surface area contributed by atoms with Crippen LogP contribution in [0, 0.1) is 13.8 Å². The Morgan fingerprint density at radius 3 is 2.56 bits per heavy atom. The van der Waals surface area contributed by atoms with Crippen LogP contribution in [0.4, 0.5) is 0 Å². The molecule has 0 atom stereocenters. The lowest BCUT2D eigenvalue weighted by Crippen LogP contribution is -2.24. The van der Waals surface area contributed by atoms with Crippen molar-refractivity contribution in [3.63, 3.8) is 0 Å². The van der Waals surface area contributed by atoms with E-state index < -0.39 is 0 Å². The van der Waals surface area contributed by atoms with Gasteiger partial charge in [-0.3, -0.25) is 0 Å². The average Bonchev–Trinajstić information content (AvgIpc) is 3.11. The normalized spacial score (nSPS) is 14.8. The summed E-state index contributed by atoms with van der Waals surface area (Å²) in [5, 5.41) is 7.98. The maximum atomic E-state index is 5.94. The van der Waals surface area contributed by atoms with Crippen LogP contribution in [0.25, 0.3) is 5.82 Å². The van der Waals surface area contributed by atoms with Crippen LogP contribution in [-0.4, -0.2) is 20.4 Å². The average molecular weight is 362 g/mol. The number of aromatic nitrogens is 3. The molecule has 0 fully saturated rings. The van der Waals surface area contributed by atoms with Gasteiger partial charge in [-0.15, -0.1) is 0 Å². The number of hydrogen-bond donors (Lipinski definition) is 1. The third kappa shape index (κ3) is 3.88. The van der Waals surface area contributed by atoms with Crippen molar-refractivity contribution in [2.24, 2.45) is 0 Å². The number of nitrogens with one attached hydrogen (secondary N) is 1. The number of rotatable bonds is 5. The van der Waals surface area contributed by atoms with E-state index in [0.717, 1.165) is 48.0 Å². The molecule has 0 saturated carbocycles. The molecule has 0 spiro atoms. The van der Waals surface area contributed by atoms with Crippen LogP contribution in [-0.2, 0) is 19.5 Å². The highest BCUT2D eigenvalue weighted by Crippen LogP contribution is 2.35. The highest BCUT2D eigenvalue weighted by molar-refractivity contribution is 5.41. The monoisotopic (exact) mass is 362 g/mol. The molecule has 1 aliphatic heterocycles. The van der Waals surface area contributed by atoms with Crippen molar-refractivity contribution in [3.05, 3.63) is 70.7 Å². The summed E-state index contributed by atoms with van der Waals surface area (Å²) in [5.74, 6) is 1.87. The van der Waals surface area contributed by atoms with Crippen LogP contribution < -0.4 is 10.1 Å². The van der Waals surface area contributed by atoms with Crippen molar-refractivity contribution in [2.75, 3.05) is 0 Å². The summed E-state index contributed by atoms with van der Waals surface area (Å²) in [7, 11) is 0. The second kappa shape index (κ2) is 6.82. The van der Waals surface area contributed by atoms with Crippen LogP contribution in [0.1, 0.15) is 41.9 Å². The van der Waals surface area contributed by atoms with Gasteiger partial charge in [0.05, 0.1) is 5.69 Å². The summed E-state index contributed by atoms with van der Waals surface area (Å²) in [4.78, 5) is 4.56. The van der Waals surface area contributed by atoms with Gasteiger partial charge in [-0.2, -0.15) is 5.10 Å². The van der Waals surface area contributed by atoms with Crippen LogP contribution in [0.15, 0.2) is 42.6 Å². The van der Waals surface area contributed by atoms with Crippen molar-refractivity contribution in [1.82, 2.24) is 20.1 Å². The van der Waals surface area contributed by atoms with Gasteiger partial charge in [0.2, 0.25) is 0 Å². The van der Waals surface area contributed by atoms with Gasteiger partial charge in [0.15, 0.2) is 5.82 Å². The van der Waals surface area contributed by atoms with Gasteiger partial charge >= 0.3 is 0 Å². The number of hydrogen-bond acceptors (Lipinski definition) is 4. The van der Waals surface area contributed by atoms with E-state index in [1.807, 2.05) is 30.8 Å². The Kier molecular flexibility index (Phi) is 4.48. The Labute approximate surface area is 160 Å². The summed E-state index contributed by atoms with van der Waals surface area (Å²) in [6.45, 7) is 9.91. The fourth-order valence-corrected chi connectivity index (χ4v) is 3.63. The van der Waals surface area contributed by atoms with Gasteiger partial charge in [0.25, 0.3) is 0 Å². The largest absolute Gasteiger partial charge is 0.487 e. The fourth-order valence-electron chi connectivity index (χ4n) is 3.63. The summed E-state index contributed by atoms with van der Waals surface area (Å²) in [5.41, 5.74) is 5.74. The summed E-state index contributed by atoms with van der Waals surface area (Å²) < 4.78 is 7.82. The molecule has 5 heteroatoms. The van der Waals surface area contributed by atoms with Crippen LogP contribution >= 0.6 is 0 Å². The Balaban J connectivity index is 1.35. The van der Waals surface area contributed by atoms with Crippen LogP contribution in [0.5, 0.6) is 5.75 Å². The predicted octanol–water partition coefficient (Wildman–Crippen LogP) is 3.89. The number of fused-ring (bicyclic) bond motifs is 1. The molecule has 27 heavy (non-hydrogen) atoms. The molecule has 3 heterocycles. The lowest BCUT2D eigenvalue weighted by molar-refractivity contribution is 0.138. The quantitative estimate of drug-likeness (QED) is 0.748. The minimum absolute atomic E-state index is 0.0900. The molecule has 0 amide bonds. The summed E-state index contributed by atoms with van der Waals surface area (Å²) in [6, 6.07) is 12.7. The van der Waals surface area contributed by atoms with E-state index in [1.165, 1.54) is 11.1 Å². The van der Waals surface area contributed by atoms with E-state index in [9.17, 15) is 0 Å². The highest BCUT2D eigenvalue weighted by Gasteiger charge is 2.29. The van der Waals surface area contributed by atoms with E-state index in [-0.39, 0.29) is 5.60 Å². The van der Waals surface area contributed by atoms with Crippen LogP contribution in [0.2, 0.25) is 0 Å². The molecular formula is C22H26N4O. The molecule has 1 N–H and O–H groups in total. The first-order valence-electron chi connectivity index (χ1n) is 9.40. The molecule has 0 unspecified atom stereocenters. The lowest BCUT2D eigenvalue weighted by atomic mass is 10.0. The smallest absolute Gasteiger partial charge is 0.153 e. The zero-order valence-electron chi connectivity index (χ0n) is 16.4. The van der Waals surface area contributed by atoms with E-state index in [1.54, 1.807) is 0 Å². The Morgan fingerprint density at radius 1 is 1.07 bits per heavy atom. The Morgan fingerprint density at radius 2 is 1.85 bits per heavy atom. The predicted molar refractivity (Wildman–Crippen MR) is 106 cm³/mol. The van der Waals surface area contributed by atoms with Gasteiger partial charge in [-0.05, 0) is 62.6 Å². The molecule has 140 valence electrons. The zero-order valence-corrected chi connectivity index (χ0v) is 16.4. The maximum Gasteiger partial charge on any atom is 0.153 e. The third-order valence-electron chi connectivity index (χ3n) is 4.82. The number of ether oxygens (including phenoxy) is 1. The number of pyridine rings is 1. The molecule has 4 rings (SSSR count). The maximum absolute atomic E-state index is 5.94. The molecule has 1 aromatic carbocycles. The van der Waals surface area contributed by atoms with Crippen molar-refractivity contribution in [3.8, 4) is 11.6 Å². The van der Waals surface area contributed by atoms with Crippen molar-refractivity contribution < 1.29 is 4.74 Å². The van der Waals surface area contributed by atoms with E-state index in [2.05, 4.69) is 59.6 Å². The molecule has 0 saturated heterocycles. The molecule has 0 bridgehead atoms. The lowest BCUT2D eigenvalue weighted by Gasteiger charge is -2.16. The number of benzene rings is 1. The molecule has 0 aliphatic carbocycles. The second-order valence-electron chi connectivity index (χ2n) is 7.95. The molecule has 5 nitrogen and oxygen atoms in total. The van der Waals surface area contributed by atoms with E-state index >= 15 is 0 Å². The van der Waals surface area contributed by atoms with Crippen molar-refractivity contribution in [1.29, 1.82) is 0 Å². The Bertz CT molecular complexity index is 957. The van der Waals surface area contributed by atoms with Crippen molar-refractivity contribution >= 4 is 0 Å². The standard InChI is InChI=1S/C22H26N4O/c1-15-9-16(2)26(25-15)21-8-6-18(14-24-21)13-23-12-17-5-7-20-19(10-17)11-22(3,4)27-20/h5-10,14,23H,11-13H2,1-4H3. The van der Waals surface area contributed by atoms with E-state index in [4.69, 9.17) is 4.74 Å². The van der Waals surface area contributed by atoms with Crippen molar-refractivity contribution in [2.45, 2.75) is 52.8 Å². The summed E-state index contributed by atoms with van der Waals surface area (Å²) >= 11 is 0. The molecular weight excluding hydrogens is 336 g/mol. The third-order valence-corrected chi connectivity index (χ3v) is 4.82. The van der Waals surface area contributed by atoms with E-state index in [0.29, 0.717) is 0 Å². The number of aryl methyl sites for hydroxylation is 2. The molecule has 3 aromatic rings. The first-order chi connectivity index (χ1) is 12.9. The number of nitrogens with zero attached hydrogens (tertiary/aromatic N) is 3. The Hall–Kier alpha value is -2.66. The minimum Gasteiger partial charge on any atom is -0.487 e. The highest BCUT2D eigenvalue weighted by atomic mass is 16.5. The second-order valence-corrected chi connectivity index (χ2v) is 7.95.